The van der Waals surface area contributed by atoms with Crippen molar-refractivity contribution in [2.24, 2.45) is 5.92 Å². The minimum Gasteiger partial charge on any atom is -0.481 e. The van der Waals surface area contributed by atoms with E-state index in [0.717, 1.165) is 64.2 Å². The smallest absolute Gasteiger partial charge is 0.326 e. The molecule has 1 heterocycles. The zero-order valence-corrected chi connectivity index (χ0v) is 38.6. The highest BCUT2D eigenvalue weighted by molar-refractivity contribution is 7.13. The van der Waals surface area contributed by atoms with Crippen LogP contribution in [-0.2, 0) is 52.7 Å². The molecule has 376 valence electrons. The molecule has 1 saturated heterocycles. The molecule has 1 aliphatic heterocycles. The number of carbonyl (C=O) groups is 10. The van der Waals surface area contributed by atoms with Gasteiger partial charge >= 0.3 is 29.8 Å². The maximum Gasteiger partial charge on any atom is 0.326 e. The Labute approximate surface area is 386 Å². The SMILES string of the molecule is O=C(O)CCCCCCCCCCCCC(=O)N[C@@H](CCC(=O)N[C@@H](CCC(=O)N[C@@H](CCC(=O)N[C@@H](CCC(=O)NCCCC[C@H](NP)C1COC1O)C(=O)O)C(=O)O)C(=O)O)C(=O)O. The Kier molecular flexibility index (Phi) is 30.7. The fourth-order valence-corrected chi connectivity index (χ4v) is 7.42. The van der Waals surface area contributed by atoms with Crippen LogP contribution in [0, 0.1) is 5.92 Å². The number of ether oxygens (including phenoxy) is 1. The monoisotopic (exact) mass is 962 g/mol. The number of amides is 5. The minimum absolute atomic E-state index is 0.0232. The summed E-state index contributed by atoms with van der Waals surface area (Å²) in [4.78, 5) is 120. The molecule has 0 aromatic heterocycles. The molecule has 12 N–H and O–H groups in total. The number of aliphatic carboxylic acids is 5. The van der Waals surface area contributed by atoms with E-state index < -0.39 is 122 Å². The molecule has 24 heteroatoms. The largest absolute Gasteiger partial charge is 0.481 e. The molecular formula is C42H71N6O17P. The standard InChI is InChI=1S/C42H71N6O17P/c49-32(43-24-12-11-13-27(48-66)26-25-65-42(26)64)20-16-28(38(56)57)45-34(51)22-18-30(40(60)61)47-36(53)23-19-31(41(62)63)46-35(52)21-17-29(39(58)59)44-33(50)14-9-7-5-3-1-2-4-6-8-10-15-37(54)55/h26-31,42,48,64H,1-25,66H2,(H,43,49)(H,44,50)(H,45,51)(H,46,52)(H,47,53)(H,54,55)(H,56,57)(H,58,59)(H,60,61)(H,62,63)/t26?,27-,28-,29-,30-,31-,42?/m0/s1. The Morgan fingerprint density at radius 1 is 0.455 bits per heavy atom. The van der Waals surface area contributed by atoms with Crippen molar-refractivity contribution in [2.45, 2.75) is 184 Å². The van der Waals surface area contributed by atoms with Gasteiger partial charge in [-0.25, -0.2) is 19.2 Å². The van der Waals surface area contributed by atoms with Gasteiger partial charge in [0.05, 0.1) is 6.61 Å². The Morgan fingerprint density at radius 2 is 0.803 bits per heavy atom. The molecule has 5 amide bonds. The molecule has 8 atom stereocenters. The number of carboxylic acid groups (broad SMARTS) is 5. The van der Waals surface area contributed by atoms with Gasteiger partial charge in [0.1, 0.15) is 24.2 Å². The molecule has 0 radical (unpaired) electrons. The molecule has 0 aromatic rings. The third kappa shape index (κ3) is 27.5. The summed E-state index contributed by atoms with van der Waals surface area (Å²) in [6, 6.07) is -6.11. The lowest BCUT2D eigenvalue weighted by atomic mass is 9.92. The van der Waals surface area contributed by atoms with E-state index in [4.69, 9.17) is 9.84 Å². The van der Waals surface area contributed by atoms with E-state index in [2.05, 4.69) is 41.1 Å². The highest BCUT2D eigenvalue weighted by atomic mass is 31.0. The fourth-order valence-electron chi connectivity index (χ4n) is 7.01. The Morgan fingerprint density at radius 3 is 1.12 bits per heavy atom. The quantitative estimate of drug-likeness (QED) is 0.0303. The maximum absolute atomic E-state index is 12.6. The van der Waals surface area contributed by atoms with Gasteiger partial charge < -0.3 is 62.0 Å². The van der Waals surface area contributed by atoms with Crippen LogP contribution < -0.4 is 31.7 Å². The second-order valence-electron chi connectivity index (χ2n) is 16.4. The van der Waals surface area contributed by atoms with E-state index in [9.17, 15) is 73.5 Å². The lowest BCUT2D eigenvalue weighted by Crippen LogP contribution is -2.50. The molecule has 1 aliphatic rings. The molecule has 0 bridgehead atoms. The van der Waals surface area contributed by atoms with Crippen LogP contribution in [0.25, 0.3) is 0 Å². The number of carboxylic acids is 5. The molecule has 1 fully saturated rings. The molecule has 0 spiro atoms. The molecular weight excluding hydrogens is 891 g/mol. The third-order valence-corrected chi connectivity index (χ3v) is 11.5. The minimum atomic E-state index is -1.63. The predicted octanol–water partition coefficient (Wildman–Crippen LogP) is 1.15. The summed E-state index contributed by atoms with van der Waals surface area (Å²) in [5.74, 6) is -10.3. The molecule has 1 rings (SSSR count). The van der Waals surface area contributed by atoms with Crippen molar-refractivity contribution in [3.8, 4) is 0 Å². The fraction of sp³-hybridized carbons (Fsp3) is 0.762. The lowest BCUT2D eigenvalue weighted by molar-refractivity contribution is -0.239. The van der Waals surface area contributed by atoms with Crippen LogP contribution in [0.4, 0.5) is 0 Å². The zero-order chi connectivity index (χ0) is 49.4. The van der Waals surface area contributed by atoms with Gasteiger partial charge in [0.2, 0.25) is 29.5 Å². The van der Waals surface area contributed by atoms with Crippen LogP contribution in [-0.4, -0.2) is 140 Å². The molecule has 23 nitrogen and oxygen atoms in total. The maximum atomic E-state index is 12.6. The molecule has 0 saturated carbocycles. The Bertz CT molecular complexity index is 1590. The van der Waals surface area contributed by atoms with E-state index in [1.54, 1.807) is 0 Å². The molecule has 66 heavy (non-hydrogen) atoms. The number of aliphatic hydroxyl groups excluding tert-OH is 1. The number of rotatable bonds is 40. The topological polar surface area (TPSA) is 373 Å². The van der Waals surface area contributed by atoms with Crippen molar-refractivity contribution in [1.82, 2.24) is 31.7 Å². The van der Waals surface area contributed by atoms with E-state index in [1.807, 2.05) is 0 Å². The van der Waals surface area contributed by atoms with Crippen molar-refractivity contribution in [1.29, 1.82) is 0 Å². The van der Waals surface area contributed by atoms with E-state index in [0.29, 0.717) is 32.4 Å². The second-order valence-corrected chi connectivity index (χ2v) is 16.8. The number of aliphatic hydroxyl groups is 1. The normalized spacial score (nSPS) is 16.5. The number of unbranched alkanes of at least 4 members (excludes halogenated alkanes) is 10. The summed E-state index contributed by atoms with van der Waals surface area (Å²) in [5.41, 5.74) is 0. The zero-order valence-electron chi connectivity index (χ0n) is 37.5. The first-order valence-corrected chi connectivity index (χ1v) is 23.2. The first kappa shape index (κ1) is 59.0. The van der Waals surface area contributed by atoms with Gasteiger partial charge in [-0.2, -0.15) is 0 Å². The molecule has 3 unspecified atom stereocenters. The van der Waals surface area contributed by atoms with Gasteiger partial charge in [-0.15, -0.1) is 0 Å². The van der Waals surface area contributed by atoms with Crippen LogP contribution in [0.2, 0.25) is 0 Å². The van der Waals surface area contributed by atoms with Crippen molar-refractivity contribution in [3.63, 3.8) is 0 Å². The Hall–Kier alpha value is -4.99. The number of nitrogens with one attached hydrogen (secondary N) is 6. The van der Waals surface area contributed by atoms with E-state index >= 15 is 0 Å². The van der Waals surface area contributed by atoms with Crippen LogP contribution in [0.3, 0.4) is 0 Å². The number of hydrogen-bond acceptors (Lipinski definition) is 13. The third-order valence-electron chi connectivity index (χ3n) is 11.0. The molecule has 0 aromatic carbocycles. The van der Waals surface area contributed by atoms with Crippen LogP contribution >= 0.6 is 9.39 Å². The predicted molar refractivity (Wildman–Crippen MR) is 237 cm³/mol. The van der Waals surface area contributed by atoms with Crippen molar-refractivity contribution in [2.75, 3.05) is 13.2 Å². The average Bonchev–Trinajstić information content (AvgIpc) is 3.25. The van der Waals surface area contributed by atoms with Gasteiger partial charge in [0.25, 0.3) is 0 Å². The number of hydrogen-bond donors (Lipinski definition) is 12. The van der Waals surface area contributed by atoms with Crippen LogP contribution in [0.15, 0.2) is 0 Å². The highest BCUT2D eigenvalue weighted by Gasteiger charge is 2.36. The van der Waals surface area contributed by atoms with E-state index in [-0.39, 0.29) is 44.1 Å². The second kappa shape index (κ2) is 34.3. The van der Waals surface area contributed by atoms with Crippen molar-refractivity contribution >= 4 is 68.8 Å². The highest BCUT2D eigenvalue weighted by Crippen LogP contribution is 2.25. The van der Waals surface area contributed by atoms with Gasteiger partial charge in [-0.1, -0.05) is 67.2 Å². The van der Waals surface area contributed by atoms with Gasteiger partial charge in [-0.3, -0.25) is 33.9 Å². The number of carbonyl (C=O) groups excluding carboxylic acids is 5. The van der Waals surface area contributed by atoms with Gasteiger partial charge in [0.15, 0.2) is 6.29 Å². The Balaban J connectivity index is 2.41. The van der Waals surface area contributed by atoms with Gasteiger partial charge in [-0.05, 0) is 51.4 Å². The summed E-state index contributed by atoms with van der Waals surface area (Å²) in [5, 5.41) is 71.4. The lowest BCUT2D eigenvalue weighted by Gasteiger charge is -2.38. The first-order valence-electron chi connectivity index (χ1n) is 22.7. The summed E-state index contributed by atoms with van der Waals surface area (Å²) in [6.07, 6.45) is 6.99. The average molecular weight is 963 g/mol. The van der Waals surface area contributed by atoms with Crippen molar-refractivity contribution in [3.05, 3.63) is 0 Å². The van der Waals surface area contributed by atoms with Gasteiger partial charge in [0, 0.05) is 57.0 Å². The molecule has 0 aliphatic carbocycles. The summed E-state index contributed by atoms with van der Waals surface area (Å²) in [7, 11) is 2.41. The van der Waals surface area contributed by atoms with Crippen molar-refractivity contribution < 1.29 is 83.3 Å². The van der Waals surface area contributed by atoms with Crippen LogP contribution in [0.1, 0.15) is 148 Å². The van der Waals surface area contributed by atoms with E-state index in [1.165, 1.54) is 0 Å². The van der Waals surface area contributed by atoms with Crippen LogP contribution in [0.5, 0.6) is 0 Å². The summed E-state index contributed by atoms with van der Waals surface area (Å²) >= 11 is 0. The summed E-state index contributed by atoms with van der Waals surface area (Å²) < 4.78 is 4.98. The first-order chi connectivity index (χ1) is 31.3. The summed E-state index contributed by atoms with van der Waals surface area (Å²) in [6.45, 7) is 0.776.